The fourth-order valence-corrected chi connectivity index (χ4v) is 2.45. The number of nitrogens with one attached hydrogen (secondary N) is 1. The number of hydrogen-bond acceptors (Lipinski definition) is 3. The van der Waals surface area contributed by atoms with E-state index in [1.807, 2.05) is 42.5 Å². The van der Waals surface area contributed by atoms with E-state index in [9.17, 15) is 4.79 Å². The van der Waals surface area contributed by atoms with E-state index >= 15 is 0 Å². The quantitative estimate of drug-likeness (QED) is 0.617. The van der Waals surface area contributed by atoms with Crippen LogP contribution in [0.1, 0.15) is 0 Å². The summed E-state index contributed by atoms with van der Waals surface area (Å²) < 4.78 is 1.44. The van der Waals surface area contributed by atoms with Crippen molar-refractivity contribution in [1.82, 2.24) is 19.7 Å². The zero-order valence-electron chi connectivity index (χ0n) is 11.6. The number of aromatic amines is 1. The molecule has 3 aromatic heterocycles. The van der Waals surface area contributed by atoms with Crippen molar-refractivity contribution >= 4 is 10.9 Å². The van der Waals surface area contributed by atoms with Crippen LogP contribution < -0.4 is 5.56 Å². The third kappa shape index (κ3) is 2.00. The average molecular weight is 288 g/mol. The van der Waals surface area contributed by atoms with Crippen molar-refractivity contribution in [3.05, 3.63) is 77.5 Å². The minimum absolute atomic E-state index is 0.143. The lowest BCUT2D eigenvalue weighted by Crippen LogP contribution is -2.16. The highest BCUT2D eigenvalue weighted by molar-refractivity contribution is 5.79. The summed E-state index contributed by atoms with van der Waals surface area (Å²) in [5.41, 5.74) is 2.06. The van der Waals surface area contributed by atoms with Gasteiger partial charge in [-0.05, 0) is 24.3 Å². The van der Waals surface area contributed by atoms with Crippen molar-refractivity contribution in [2.45, 2.75) is 0 Å². The molecular formula is C17H12N4O. The second-order valence-electron chi connectivity index (χ2n) is 4.93. The van der Waals surface area contributed by atoms with Crippen molar-refractivity contribution in [1.29, 1.82) is 0 Å². The van der Waals surface area contributed by atoms with Gasteiger partial charge in [-0.15, -0.1) is 0 Å². The average Bonchev–Trinajstić information content (AvgIpc) is 2.97. The number of nitrogens with zero attached hydrogens (tertiary/aromatic N) is 3. The molecule has 0 aliphatic carbocycles. The minimum Gasteiger partial charge on any atom is -0.296 e. The van der Waals surface area contributed by atoms with Crippen LogP contribution in [0.4, 0.5) is 0 Å². The molecule has 0 fully saturated rings. The van der Waals surface area contributed by atoms with Gasteiger partial charge < -0.3 is 0 Å². The van der Waals surface area contributed by atoms with Gasteiger partial charge in [0.25, 0.3) is 5.56 Å². The lowest BCUT2D eigenvalue weighted by Gasteiger charge is -2.02. The maximum atomic E-state index is 12.6. The summed E-state index contributed by atoms with van der Waals surface area (Å²) in [6.45, 7) is 0. The maximum Gasteiger partial charge on any atom is 0.280 e. The van der Waals surface area contributed by atoms with Crippen molar-refractivity contribution in [2.75, 3.05) is 0 Å². The molecule has 0 spiro atoms. The standard InChI is InChI=1S/C17H12N4O/c22-17-14(13-5-3-9-18-10-13)11-19-21(17)16-8-7-12-4-1-2-6-15(12)20-16/h1-11,19H. The summed E-state index contributed by atoms with van der Waals surface area (Å²) in [6, 6.07) is 15.3. The predicted molar refractivity (Wildman–Crippen MR) is 84.9 cm³/mol. The third-order valence-electron chi connectivity index (χ3n) is 3.56. The fourth-order valence-electron chi connectivity index (χ4n) is 2.45. The van der Waals surface area contributed by atoms with E-state index in [-0.39, 0.29) is 5.56 Å². The highest BCUT2D eigenvalue weighted by Crippen LogP contribution is 2.16. The van der Waals surface area contributed by atoms with E-state index in [4.69, 9.17) is 0 Å². The molecular weight excluding hydrogens is 276 g/mol. The Morgan fingerprint density at radius 3 is 2.77 bits per heavy atom. The van der Waals surface area contributed by atoms with Crippen LogP contribution in [0.15, 0.2) is 71.9 Å². The molecule has 0 amide bonds. The SMILES string of the molecule is O=c1c(-c2cccnc2)c[nH]n1-c1ccc2ccccc2n1. The van der Waals surface area contributed by atoms with Gasteiger partial charge in [-0.3, -0.25) is 14.9 Å². The molecule has 0 saturated heterocycles. The Kier molecular flexibility index (Phi) is 2.83. The lowest BCUT2D eigenvalue weighted by atomic mass is 10.2. The summed E-state index contributed by atoms with van der Waals surface area (Å²) in [5.74, 6) is 0.568. The molecule has 5 nitrogen and oxygen atoms in total. The number of rotatable bonds is 2. The zero-order chi connectivity index (χ0) is 14.9. The van der Waals surface area contributed by atoms with Crippen LogP contribution in [0, 0.1) is 0 Å². The summed E-state index contributed by atoms with van der Waals surface area (Å²) >= 11 is 0. The van der Waals surface area contributed by atoms with Crippen LogP contribution in [-0.2, 0) is 0 Å². The Balaban J connectivity index is 1.86. The first kappa shape index (κ1) is 12.5. The first-order valence-corrected chi connectivity index (χ1v) is 6.90. The van der Waals surface area contributed by atoms with Gasteiger partial charge in [0.05, 0.1) is 11.1 Å². The first-order chi connectivity index (χ1) is 10.8. The van der Waals surface area contributed by atoms with Gasteiger partial charge >= 0.3 is 0 Å². The number of H-pyrrole nitrogens is 1. The Hall–Kier alpha value is -3.21. The summed E-state index contributed by atoms with van der Waals surface area (Å²) in [5, 5.41) is 4.01. The van der Waals surface area contributed by atoms with Crippen LogP contribution in [0.5, 0.6) is 0 Å². The molecule has 1 N–H and O–H groups in total. The normalized spacial score (nSPS) is 10.9. The molecule has 0 bridgehead atoms. The van der Waals surface area contributed by atoms with E-state index in [2.05, 4.69) is 15.1 Å². The monoisotopic (exact) mass is 288 g/mol. The molecule has 0 unspecified atom stereocenters. The van der Waals surface area contributed by atoms with Crippen molar-refractivity contribution in [3.63, 3.8) is 0 Å². The number of para-hydroxylation sites is 1. The third-order valence-corrected chi connectivity index (χ3v) is 3.56. The second-order valence-corrected chi connectivity index (χ2v) is 4.93. The molecule has 1 aromatic carbocycles. The van der Waals surface area contributed by atoms with Crippen LogP contribution in [0.3, 0.4) is 0 Å². The van der Waals surface area contributed by atoms with Crippen LogP contribution in [0.25, 0.3) is 27.8 Å². The van der Waals surface area contributed by atoms with E-state index in [1.165, 1.54) is 4.68 Å². The maximum absolute atomic E-state index is 12.6. The molecule has 0 aliphatic rings. The van der Waals surface area contributed by atoms with Gasteiger partial charge in [0.2, 0.25) is 0 Å². The zero-order valence-corrected chi connectivity index (χ0v) is 11.6. The molecule has 4 aromatic rings. The molecule has 0 radical (unpaired) electrons. The Labute approximate surface area is 125 Å². The Morgan fingerprint density at radius 2 is 1.91 bits per heavy atom. The van der Waals surface area contributed by atoms with Crippen LogP contribution in [-0.4, -0.2) is 19.7 Å². The summed E-state index contributed by atoms with van der Waals surface area (Å²) in [7, 11) is 0. The van der Waals surface area contributed by atoms with E-state index in [1.54, 1.807) is 24.7 Å². The van der Waals surface area contributed by atoms with Gasteiger partial charge in [-0.25, -0.2) is 9.67 Å². The highest BCUT2D eigenvalue weighted by Gasteiger charge is 2.11. The first-order valence-electron chi connectivity index (χ1n) is 6.90. The molecule has 5 heteroatoms. The predicted octanol–water partition coefficient (Wildman–Crippen LogP) is 2.78. The van der Waals surface area contributed by atoms with Gasteiger partial charge in [0.1, 0.15) is 0 Å². The number of benzene rings is 1. The van der Waals surface area contributed by atoms with Gasteiger partial charge in [0.15, 0.2) is 5.82 Å². The molecule has 22 heavy (non-hydrogen) atoms. The minimum atomic E-state index is -0.143. The number of aromatic nitrogens is 4. The molecule has 106 valence electrons. The second kappa shape index (κ2) is 4.96. The van der Waals surface area contributed by atoms with E-state index in [0.717, 1.165) is 16.5 Å². The number of pyridine rings is 2. The lowest BCUT2D eigenvalue weighted by molar-refractivity contribution is 0.824. The van der Waals surface area contributed by atoms with Gasteiger partial charge in [-0.1, -0.05) is 24.3 Å². The van der Waals surface area contributed by atoms with Crippen LogP contribution >= 0.6 is 0 Å². The molecule has 4 rings (SSSR count). The Morgan fingerprint density at radius 1 is 1.00 bits per heavy atom. The van der Waals surface area contributed by atoms with E-state index in [0.29, 0.717) is 11.4 Å². The van der Waals surface area contributed by atoms with Gasteiger partial charge in [-0.2, -0.15) is 0 Å². The highest BCUT2D eigenvalue weighted by atomic mass is 16.1. The van der Waals surface area contributed by atoms with Crippen molar-refractivity contribution in [3.8, 4) is 16.9 Å². The molecule has 0 aliphatic heterocycles. The molecule has 0 atom stereocenters. The van der Waals surface area contributed by atoms with Crippen molar-refractivity contribution < 1.29 is 0 Å². The van der Waals surface area contributed by atoms with Crippen LogP contribution in [0.2, 0.25) is 0 Å². The van der Waals surface area contributed by atoms with Gasteiger partial charge in [0, 0.05) is 29.5 Å². The molecule has 0 saturated carbocycles. The topological polar surface area (TPSA) is 63.6 Å². The summed E-state index contributed by atoms with van der Waals surface area (Å²) in [4.78, 5) is 21.1. The smallest absolute Gasteiger partial charge is 0.280 e. The summed E-state index contributed by atoms with van der Waals surface area (Å²) in [6.07, 6.45) is 5.03. The number of hydrogen-bond donors (Lipinski definition) is 1. The molecule has 3 heterocycles. The Bertz CT molecular complexity index is 1000. The fraction of sp³-hybridized carbons (Fsp3) is 0. The number of fused-ring (bicyclic) bond motifs is 1. The van der Waals surface area contributed by atoms with E-state index < -0.39 is 0 Å². The van der Waals surface area contributed by atoms with Crippen molar-refractivity contribution in [2.24, 2.45) is 0 Å². The largest absolute Gasteiger partial charge is 0.296 e.